The fourth-order valence-electron chi connectivity index (χ4n) is 5.89. The molecule has 9 heteroatoms. The highest BCUT2D eigenvalue weighted by atomic mass is 16.6. The maximum absolute atomic E-state index is 6.05. The zero-order valence-electron chi connectivity index (χ0n) is 27.0. The Morgan fingerprint density at radius 3 is 2.04 bits per heavy atom. The fraction of sp³-hybridized carbons (Fsp3) is 0.103. The summed E-state index contributed by atoms with van der Waals surface area (Å²) in [5, 5.41) is 1.20. The van der Waals surface area contributed by atoms with E-state index in [0.29, 0.717) is 34.2 Å². The van der Waals surface area contributed by atoms with Crippen LogP contribution in [0, 0.1) is 0 Å². The van der Waals surface area contributed by atoms with E-state index >= 15 is 0 Å². The summed E-state index contributed by atoms with van der Waals surface area (Å²) in [6, 6.07) is 32.0. The van der Waals surface area contributed by atoms with Crippen LogP contribution in [0.3, 0.4) is 0 Å². The van der Waals surface area contributed by atoms with Crippen LogP contribution in [0.1, 0.15) is 22.8 Å². The quantitative estimate of drug-likeness (QED) is 0.204. The molecule has 0 unspecified atom stereocenters. The van der Waals surface area contributed by atoms with Gasteiger partial charge in [-0.3, -0.25) is 4.98 Å². The molecule has 0 saturated heterocycles. The van der Waals surface area contributed by atoms with E-state index in [0.717, 1.165) is 44.6 Å². The summed E-state index contributed by atoms with van der Waals surface area (Å²) >= 11 is 0. The summed E-state index contributed by atoms with van der Waals surface area (Å²) in [6.45, 7) is 0. The van der Waals surface area contributed by atoms with Crippen molar-refractivity contribution >= 4 is 57.0 Å². The zero-order chi connectivity index (χ0) is 33.0. The average molecular weight is 636 g/mol. The molecular formula is C39H33N5O4. The van der Waals surface area contributed by atoms with Gasteiger partial charge in [0.1, 0.15) is 7.11 Å². The number of hydrogen-bond donors (Lipinski definition) is 1. The Balaban J connectivity index is 0.000000310. The van der Waals surface area contributed by atoms with Gasteiger partial charge in [-0.2, -0.15) is 4.73 Å². The highest BCUT2D eigenvalue weighted by Gasteiger charge is 2.27. The smallest absolute Gasteiger partial charge is 0.179 e. The second kappa shape index (κ2) is 13.2. The van der Waals surface area contributed by atoms with Crippen molar-refractivity contribution in [3.8, 4) is 22.6 Å². The number of rotatable bonds is 5. The van der Waals surface area contributed by atoms with Gasteiger partial charge in [0.25, 0.3) is 0 Å². The van der Waals surface area contributed by atoms with E-state index < -0.39 is 0 Å². The van der Waals surface area contributed by atoms with Gasteiger partial charge in [0.2, 0.25) is 0 Å². The van der Waals surface area contributed by atoms with Crippen LogP contribution < -0.4 is 14.3 Å². The number of nitrogens with zero attached hydrogens (tertiary/aromatic N) is 4. The van der Waals surface area contributed by atoms with Crippen molar-refractivity contribution in [2.75, 3.05) is 28.4 Å². The first-order valence-corrected chi connectivity index (χ1v) is 15.3. The van der Waals surface area contributed by atoms with Crippen molar-refractivity contribution in [1.82, 2.24) is 24.7 Å². The maximum atomic E-state index is 6.05. The summed E-state index contributed by atoms with van der Waals surface area (Å²) in [5.41, 5.74) is 8.85. The van der Waals surface area contributed by atoms with Crippen LogP contribution in [-0.4, -0.2) is 53.1 Å². The molecule has 0 spiro atoms. The number of H-pyrrole nitrogens is 1. The lowest BCUT2D eigenvalue weighted by Gasteiger charge is -2.10. The van der Waals surface area contributed by atoms with E-state index in [-0.39, 0.29) is 0 Å². The van der Waals surface area contributed by atoms with Gasteiger partial charge in [-0.25, -0.2) is 9.97 Å². The summed E-state index contributed by atoms with van der Waals surface area (Å²) < 4.78 is 19.5. The molecule has 6 aromatic rings. The lowest BCUT2D eigenvalue weighted by molar-refractivity contribution is 0.187. The molecule has 6 heterocycles. The predicted octanol–water partition coefficient (Wildman–Crippen LogP) is 8.08. The lowest BCUT2D eigenvalue weighted by atomic mass is 10.1. The van der Waals surface area contributed by atoms with Gasteiger partial charge in [0, 0.05) is 28.7 Å². The zero-order valence-corrected chi connectivity index (χ0v) is 27.0. The Kier molecular flexibility index (Phi) is 8.32. The first-order valence-electron chi connectivity index (χ1n) is 15.3. The van der Waals surface area contributed by atoms with Crippen molar-refractivity contribution in [2.24, 2.45) is 0 Å². The molecule has 238 valence electrons. The molecule has 2 aromatic carbocycles. The van der Waals surface area contributed by atoms with Crippen molar-refractivity contribution in [3.05, 3.63) is 126 Å². The molecule has 8 rings (SSSR count). The Morgan fingerprint density at radius 1 is 0.646 bits per heavy atom. The molecule has 48 heavy (non-hydrogen) atoms. The first-order chi connectivity index (χ1) is 23.6. The van der Waals surface area contributed by atoms with Gasteiger partial charge in [-0.15, -0.1) is 0 Å². The van der Waals surface area contributed by atoms with Gasteiger partial charge < -0.3 is 24.0 Å². The summed E-state index contributed by atoms with van der Waals surface area (Å²) in [4.78, 5) is 23.3. The Labute approximate surface area is 277 Å². The van der Waals surface area contributed by atoms with Gasteiger partial charge in [0.15, 0.2) is 28.5 Å². The van der Waals surface area contributed by atoms with Gasteiger partial charge in [-0.05, 0) is 60.2 Å². The number of ether oxygens (including phenoxy) is 3. The number of fused-ring (bicyclic) bond motifs is 9. The van der Waals surface area contributed by atoms with Gasteiger partial charge in [-0.1, -0.05) is 54.6 Å². The highest BCUT2D eigenvalue weighted by molar-refractivity contribution is 5.98. The van der Waals surface area contributed by atoms with E-state index in [1.807, 2.05) is 109 Å². The van der Waals surface area contributed by atoms with Crippen molar-refractivity contribution in [1.29, 1.82) is 0 Å². The number of aromatic nitrogens is 5. The third-order valence-corrected chi connectivity index (χ3v) is 7.99. The molecule has 4 aromatic heterocycles. The van der Waals surface area contributed by atoms with Gasteiger partial charge >= 0.3 is 0 Å². The Morgan fingerprint density at radius 2 is 1.33 bits per heavy atom. The molecule has 8 bridgehead atoms. The molecule has 1 N–H and O–H groups in total. The predicted molar refractivity (Wildman–Crippen MR) is 191 cm³/mol. The lowest BCUT2D eigenvalue weighted by Crippen LogP contribution is -2.06. The first kappa shape index (κ1) is 30.3. The topological polar surface area (TPSA) is 96.3 Å². The second-order valence-corrected chi connectivity index (χ2v) is 10.9. The van der Waals surface area contributed by atoms with Crippen LogP contribution in [0.4, 0.5) is 0 Å². The Hall–Kier alpha value is -6.35. The third kappa shape index (κ3) is 5.73. The molecule has 0 atom stereocenters. The normalized spacial score (nSPS) is 11.8. The minimum absolute atomic E-state index is 0.445. The number of nitrogens with one attached hydrogen (secondary N) is 1. The number of hydrogen-bond acceptors (Lipinski definition) is 7. The number of aromatic amines is 1. The summed E-state index contributed by atoms with van der Waals surface area (Å²) in [5.74, 6) is 1.59. The van der Waals surface area contributed by atoms with E-state index in [9.17, 15) is 0 Å². The van der Waals surface area contributed by atoms with Crippen molar-refractivity contribution < 1.29 is 19.0 Å². The van der Waals surface area contributed by atoms with Crippen molar-refractivity contribution in [2.45, 2.75) is 0 Å². The van der Waals surface area contributed by atoms with Crippen LogP contribution in [0.2, 0.25) is 0 Å². The number of pyridine rings is 1. The van der Waals surface area contributed by atoms with E-state index in [2.05, 4.69) is 22.1 Å². The van der Waals surface area contributed by atoms with Crippen LogP contribution in [0.25, 0.3) is 68.1 Å². The summed E-state index contributed by atoms with van der Waals surface area (Å²) in [7, 11) is 6.45. The fourth-order valence-corrected chi connectivity index (χ4v) is 5.89. The minimum Gasteiger partial charge on any atom is -0.494 e. The Bertz CT molecular complexity index is 2290. The van der Waals surface area contributed by atoms with Crippen molar-refractivity contribution in [3.63, 3.8) is 0 Å². The van der Waals surface area contributed by atoms with Gasteiger partial charge in [0.05, 0.1) is 55.0 Å². The van der Waals surface area contributed by atoms with Crippen LogP contribution >= 0.6 is 0 Å². The molecule has 2 aliphatic rings. The van der Waals surface area contributed by atoms with Crippen LogP contribution in [0.15, 0.2) is 103 Å². The molecule has 0 fully saturated rings. The highest BCUT2D eigenvalue weighted by Crippen LogP contribution is 2.45. The largest absolute Gasteiger partial charge is 0.494 e. The van der Waals surface area contributed by atoms with Crippen LogP contribution in [0.5, 0.6) is 11.5 Å². The second-order valence-electron chi connectivity index (χ2n) is 10.9. The van der Waals surface area contributed by atoms with E-state index in [1.54, 1.807) is 33.2 Å². The third-order valence-electron chi connectivity index (χ3n) is 7.99. The number of para-hydroxylation sites is 1. The van der Waals surface area contributed by atoms with E-state index in [1.165, 1.54) is 5.39 Å². The molecule has 0 saturated carbocycles. The monoisotopic (exact) mass is 635 g/mol. The summed E-state index contributed by atoms with van der Waals surface area (Å²) in [6.07, 6.45) is 7.64. The standard InChI is InChI=1S/C30H26N4O4.C9H7N/c1-35-25-17-23-15-21-11-10-19(31-21)14-20-12-13-22(32-20)16-24-26(18-8-6-5-7-9-18)29(36-2)28(34(24)38-4)30(37-3)27(25)33-23;1-2-6-9-8(4-1)5-3-7-10-9/h5-17,31H,1-4H3;1-7H. The average Bonchev–Trinajstić information content (AvgIpc) is 3.92. The molecular weight excluding hydrogens is 602 g/mol. The maximum Gasteiger partial charge on any atom is 0.179 e. The molecule has 0 radical (unpaired) electrons. The molecule has 0 amide bonds. The van der Waals surface area contributed by atoms with Crippen LogP contribution in [-0.2, 0) is 4.74 Å². The molecule has 2 aliphatic heterocycles. The number of methoxy groups -OCH3 is 3. The number of benzene rings is 2. The molecule has 9 nitrogen and oxygen atoms in total. The SMILES string of the molecule is COC1=Cc2cc3ccc(cc4nc(cc5c(-c6ccccc6)c(OC)c(c(OC)c1n2)n5OC)C=C4)[nH]3.c1ccc2ncccc2c1. The molecule has 0 aliphatic carbocycles. The van der Waals surface area contributed by atoms with E-state index in [4.69, 9.17) is 29.0 Å². The minimum atomic E-state index is 0.445.